The highest BCUT2D eigenvalue weighted by Crippen LogP contribution is 2.39. The van der Waals surface area contributed by atoms with Crippen molar-refractivity contribution in [1.29, 1.82) is 0 Å². The molecule has 0 aromatic heterocycles. The average molecular weight is 273 g/mol. The summed E-state index contributed by atoms with van der Waals surface area (Å²) in [5, 5.41) is 3.87. The van der Waals surface area contributed by atoms with Gasteiger partial charge in [0.25, 0.3) is 0 Å². The lowest BCUT2D eigenvalue weighted by molar-refractivity contribution is 0.252. The number of rotatable bonds is 7. The second-order valence-electron chi connectivity index (χ2n) is 6.59. The predicted molar refractivity (Wildman–Crippen MR) is 83.3 cm³/mol. The highest BCUT2D eigenvalue weighted by molar-refractivity contribution is 5.30. The normalized spacial score (nSPS) is 26.9. The Morgan fingerprint density at radius 1 is 1.20 bits per heavy atom. The SMILES string of the molecule is CCC(CC1CC1)NC1CC(c2ccc(OC)cc2)C1. The maximum atomic E-state index is 5.22. The van der Waals surface area contributed by atoms with Gasteiger partial charge < -0.3 is 10.1 Å². The molecule has 2 saturated carbocycles. The van der Waals surface area contributed by atoms with Crippen LogP contribution in [-0.2, 0) is 0 Å². The van der Waals surface area contributed by atoms with Crippen LogP contribution in [0.25, 0.3) is 0 Å². The van der Waals surface area contributed by atoms with E-state index in [1.54, 1.807) is 7.11 Å². The summed E-state index contributed by atoms with van der Waals surface area (Å²) in [5.74, 6) is 2.74. The second kappa shape index (κ2) is 6.17. The van der Waals surface area contributed by atoms with E-state index in [2.05, 4.69) is 36.5 Å². The summed E-state index contributed by atoms with van der Waals surface area (Å²) in [4.78, 5) is 0. The molecule has 0 aliphatic heterocycles. The van der Waals surface area contributed by atoms with Gasteiger partial charge in [-0.15, -0.1) is 0 Å². The molecule has 0 heterocycles. The van der Waals surface area contributed by atoms with E-state index in [4.69, 9.17) is 4.74 Å². The smallest absolute Gasteiger partial charge is 0.118 e. The third-order valence-electron chi connectivity index (χ3n) is 5.00. The Bertz CT molecular complexity index is 418. The quantitative estimate of drug-likeness (QED) is 0.807. The van der Waals surface area contributed by atoms with Crippen LogP contribution in [0, 0.1) is 5.92 Å². The van der Waals surface area contributed by atoms with Crippen LogP contribution in [0.5, 0.6) is 5.75 Å². The molecular formula is C18H27NO. The van der Waals surface area contributed by atoms with Crippen molar-refractivity contribution >= 4 is 0 Å². The molecule has 1 aromatic rings. The van der Waals surface area contributed by atoms with Crippen LogP contribution in [0.2, 0.25) is 0 Å². The van der Waals surface area contributed by atoms with Crippen LogP contribution in [0.1, 0.15) is 56.9 Å². The van der Waals surface area contributed by atoms with E-state index < -0.39 is 0 Å². The van der Waals surface area contributed by atoms with Crippen LogP contribution in [0.15, 0.2) is 24.3 Å². The minimum Gasteiger partial charge on any atom is -0.497 e. The van der Waals surface area contributed by atoms with Crippen molar-refractivity contribution in [2.45, 2.75) is 63.5 Å². The molecule has 1 unspecified atom stereocenters. The molecule has 2 heteroatoms. The maximum Gasteiger partial charge on any atom is 0.118 e. The van der Waals surface area contributed by atoms with Crippen LogP contribution >= 0.6 is 0 Å². The topological polar surface area (TPSA) is 21.3 Å². The third kappa shape index (κ3) is 3.35. The Kier molecular flexibility index (Phi) is 4.30. The molecule has 20 heavy (non-hydrogen) atoms. The van der Waals surface area contributed by atoms with Gasteiger partial charge in [-0.1, -0.05) is 31.9 Å². The van der Waals surface area contributed by atoms with Crippen molar-refractivity contribution in [3.05, 3.63) is 29.8 Å². The first-order valence-corrected chi connectivity index (χ1v) is 8.18. The van der Waals surface area contributed by atoms with Crippen LogP contribution in [-0.4, -0.2) is 19.2 Å². The van der Waals surface area contributed by atoms with Crippen LogP contribution < -0.4 is 10.1 Å². The highest BCUT2D eigenvalue weighted by Gasteiger charge is 2.32. The zero-order chi connectivity index (χ0) is 13.9. The Hall–Kier alpha value is -1.02. The van der Waals surface area contributed by atoms with Gasteiger partial charge in [0.05, 0.1) is 7.11 Å². The van der Waals surface area contributed by atoms with Gasteiger partial charge in [-0.3, -0.25) is 0 Å². The Morgan fingerprint density at radius 3 is 2.45 bits per heavy atom. The van der Waals surface area contributed by atoms with Gasteiger partial charge in [0.1, 0.15) is 5.75 Å². The third-order valence-corrected chi connectivity index (χ3v) is 5.00. The molecule has 2 nitrogen and oxygen atoms in total. The molecule has 0 amide bonds. The zero-order valence-corrected chi connectivity index (χ0v) is 12.8. The molecule has 2 aliphatic carbocycles. The van der Waals surface area contributed by atoms with Gasteiger partial charge in [-0.25, -0.2) is 0 Å². The minimum absolute atomic E-state index is 0.741. The fourth-order valence-corrected chi connectivity index (χ4v) is 3.34. The summed E-state index contributed by atoms with van der Waals surface area (Å²) >= 11 is 0. The Labute approximate surface area is 122 Å². The summed E-state index contributed by atoms with van der Waals surface area (Å²) in [6, 6.07) is 10.1. The molecule has 110 valence electrons. The Morgan fingerprint density at radius 2 is 1.90 bits per heavy atom. The first kappa shape index (κ1) is 13.9. The lowest BCUT2D eigenvalue weighted by Crippen LogP contribution is -2.45. The van der Waals surface area contributed by atoms with E-state index in [9.17, 15) is 0 Å². The minimum atomic E-state index is 0.741. The average Bonchev–Trinajstić information content (AvgIpc) is 3.25. The number of ether oxygens (including phenoxy) is 1. The molecule has 1 aromatic carbocycles. The standard InChI is InChI=1S/C18H27NO/c1-3-16(10-13-4-5-13)19-17-11-15(12-17)14-6-8-18(20-2)9-7-14/h6-9,13,15-17,19H,3-5,10-12H2,1-2H3. The Balaban J connectivity index is 1.44. The van der Waals surface area contributed by atoms with E-state index in [1.165, 1.54) is 44.1 Å². The lowest BCUT2D eigenvalue weighted by Gasteiger charge is -2.39. The van der Waals surface area contributed by atoms with Gasteiger partial charge >= 0.3 is 0 Å². The van der Waals surface area contributed by atoms with Crippen molar-refractivity contribution < 1.29 is 4.74 Å². The molecule has 0 bridgehead atoms. The first-order valence-electron chi connectivity index (χ1n) is 8.18. The van der Waals surface area contributed by atoms with Crippen LogP contribution in [0.3, 0.4) is 0 Å². The molecule has 2 aliphatic rings. The zero-order valence-electron chi connectivity index (χ0n) is 12.8. The number of hydrogen-bond donors (Lipinski definition) is 1. The molecule has 0 spiro atoms. The summed E-state index contributed by atoms with van der Waals surface area (Å²) in [6.07, 6.45) is 8.22. The van der Waals surface area contributed by atoms with Crippen molar-refractivity contribution in [3.8, 4) is 5.75 Å². The second-order valence-corrected chi connectivity index (χ2v) is 6.59. The van der Waals surface area contributed by atoms with Crippen molar-refractivity contribution in [3.63, 3.8) is 0 Å². The highest BCUT2D eigenvalue weighted by atomic mass is 16.5. The van der Waals surface area contributed by atoms with Gasteiger partial charge in [-0.2, -0.15) is 0 Å². The molecule has 2 fully saturated rings. The summed E-state index contributed by atoms with van der Waals surface area (Å²) in [6.45, 7) is 2.32. The number of nitrogens with one attached hydrogen (secondary N) is 1. The van der Waals surface area contributed by atoms with Gasteiger partial charge in [0.15, 0.2) is 0 Å². The van der Waals surface area contributed by atoms with E-state index in [0.29, 0.717) is 0 Å². The fourth-order valence-electron chi connectivity index (χ4n) is 3.34. The molecule has 3 rings (SSSR count). The predicted octanol–water partition coefficient (Wildman–Crippen LogP) is 4.11. The molecular weight excluding hydrogens is 246 g/mol. The van der Waals surface area contributed by atoms with E-state index >= 15 is 0 Å². The van der Waals surface area contributed by atoms with E-state index in [1.807, 2.05) is 0 Å². The van der Waals surface area contributed by atoms with Gasteiger partial charge in [-0.05, 0) is 55.2 Å². The first-order chi connectivity index (χ1) is 9.78. The summed E-state index contributed by atoms with van der Waals surface area (Å²) in [7, 11) is 1.73. The monoisotopic (exact) mass is 273 g/mol. The molecule has 1 N–H and O–H groups in total. The number of hydrogen-bond acceptors (Lipinski definition) is 2. The van der Waals surface area contributed by atoms with E-state index in [-0.39, 0.29) is 0 Å². The summed E-state index contributed by atoms with van der Waals surface area (Å²) in [5.41, 5.74) is 1.47. The van der Waals surface area contributed by atoms with Crippen LogP contribution in [0.4, 0.5) is 0 Å². The largest absolute Gasteiger partial charge is 0.497 e. The number of benzene rings is 1. The lowest BCUT2D eigenvalue weighted by atomic mass is 9.75. The van der Waals surface area contributed by atoms with Gasteiger partial charge in [0, 0.05) is 12.1 Å². The van der Waals surface area contributed by atoms with E-state index in [0.717, 1.165) is 29.7 Å². The number of methoxy groups -OCH3 is 1. The van der Waals surface area contributed by atoms with Crippen molar-refractivity contribution in [1.82, 2.24) is 5.32 Å². The van der Waals surface area contributed by atoms with Gasteiger partial charge in [0.2, 0.25) is 0 Å². The fraction of sp³-hybridized carbons (Fsp3) is 0.667. The van der Waals surface area contributed by atoms with Crippen molar-refractivity contribution in [2.24, 2.45) is 5.92 Å². The summed E-state index contributed by atoms with van der Waals surface area (Å²) < 4.78 is 5.22. The molecule has 0 radical (unpaired) electrons. The maximum absolute atomic E-state index is 5.22. The van der Waals surface area contributed by atoms with Crippen molar-refractivity contribution in [2.75, 3.05) is 7.11 Å². The molecule has 0 saturated heterocycles. The molecule has 1 atom stereocenters.